The fraction of sp³-hybridized carbons (Fsp3) is 0.211. The number of esters is 2. The molecular weight excluding hydrogens is 826 g/mol. The summed E-state index contributed by atoms with van der Waals surface area (Å²) < 4.78 is 44.6. The van der Waals surface area contributed by atoms with Crippen LogP contribution in [0.15, 0.2) is 125 Å². The van der Waals surface area contributed by atoms with Gasteiger partial charge in [-0.2, -0.15) is 19.5 Å². The molecule has 0 saturated carbocycles. The molecule has 1 aliphatic heterocycles. The molecule has 60 heavy (non-hydrogen) atoms. The average Bonchev–Trinajstić information content (AvgIpc) is 3.66. The van der Waals surface area contributed by atoms with Crippen LogP contribution in [-0.2, 0) is 40.5 Å². The van der Waals surface area contributed by atoms with E-state index in [1.807, 2.05) is 0 Å². The lowest BCUT2D eigenvalue weighted by Crippen LogP contribution is -2.51. The molecule has 6 rings (SSSR count). The van der Waals surface area contributed by atoms with Crippen molar-refractivity contribution in [3.05, 3.63) is 169 Å². The van der Waals surface area contributed by atoms with Crippen LogP contribution >= 0.6 is 16.3 Å². The highest BCUT2D eigenvalue weighted by molar-refractivity contribution is 7.67. The third kappa shape index (κ3) is 11.7. The van der Waals surface area contributed by atoms with Gasteiger partial charge in [0.2, 0.25) is 0 Å². The topological polar surface area (TPSA) is 279 Å². The molecule has 4 aromatic carbocycles. The first-order valence-corrected chi connectivity index (χ1v) is 20.8. The summed E-state index contributed by atoms with van der Waals surface area (Å²) >= 11 is 0. The summed E-state index contributed by atoms with van der Waals surface area (Å²) in [5, 5.41) is 12.0. The molecule has 0 bridgehead atoms. The average molecular weight is 864 g/mol. The number of nitrogens with one attached hydrogen (secondary N) is 1. The van der Waals surface area contributed by atoms with E-state index in [0.717, 1.165) is 4.57 Å². The minimum absolute atomic E-state index is 0.0426. The number of aromatic nitrogens is 2. The van der Waals surface area contributed by atoms with Crippen molar-refractivity contribution < 1.29 is 62.0 Å². The summed E-state index contributed by atoms with van der Waals surface area (Å²) in [4.78, 5) is 79.7. The van der Waals surface area contributed by atoms with Crippen LogP contribution in [-0.4, -0.2) is 40.2 Å². The van der Waals surface area contributed by atoms with Crippen LogP contribution in [0.5, 0.6) is 11.5 Å². The largest absolute Gasteiger partial charge is 0.602 e. The first kappa shape index (κ1) is 43.8. The van der Waals surface area contributed by atoms with Gasteiger partial charge >= 0.3 is 39.1 Å². The molecular formula is C38H37N6O14P2+2. The maximum atomic E-state index is 14.2. The Bertz CT molecular complexity index is 2300. The number of H-pyrrole nitrogens is 1. The number of aryl methyl sites for hydroxylation is 1. The second kappa shape index (κ2) is 20.0. The van der Waals surface area contributed by atoms with Crippen molar-refractivity contribution >= 4 is 28.3 Å². The first-order chi connectivity index (χ1) is 28.9. The van der Waals surface area contributed by atoms with E-state index < -0.39 is 77.7 Å². The number of benzene rings is 4. The predicted molar refractivity (Wildman–Crippen MR) is 206 cm³/mol. The molecule has 22 heteroatoms. The second-order valence-corrected chi connectivity index (χ2v) is 16.3. The van der Waals surface area contributed by atoms with Crippen molar-refractivity contribution in [1.82, 2.24) is 15.0 Å². The van der Waals surface area contributed by atoms with Gasteiger partial charge in [-0.15, -0.1) is 0 Å². The molecule has 0 amide bonds. The summed E-state index contributed by atoms with van der Waals surface area (Å²) in [6.07, 6.45) is -0.950. The van der Waals surface area contributed by atoms with Gasteiger partial charge in [0.25, 0.3) is 11.0 Å². The van der Waals surface area contributed by atoms with Crippen molar-refractivity contribution in [2.45, 2.75) is 44.9 Å². The van der Waals surface area contributed by atoms with Crippen LogP contribution in [0, 0.1) is 12.3 Å². The Morgan fingerprint density at radius 1 is 0.833 bits per heavy atom. The van der Waals surface area contributed by atoms with E-state index in [1.165, 1.54) is 61.7 Å². The normalized spacial score (nSPS) is 17.3. The summed E-state index contributed by atoms with van der Waals surface area (Å²) in [5.74, 6) is 2.41. The number of ether oxygens (including phenoxy) is 3. The zero-order valence-corrected chi connectivity index (χ0v) is 33.4. The van der Waals surface area contributed by atoms with E-state index in [9.17, 15) is 34.4 Å². The molecule has 5 aromatic rings. The maximum absolute atomic E-state index is 14.2. The van der Waals surface area contributed by atoms with E-state index in [-0.39, 0.29) is 23.5 Å². The van der Waals surface area contributed by atoms with E-state index >= 15 is 0 Å². The smallest absolute Gasteiger partial charge is 0.502 e. The molecule has 1 radical (unpaired) electrons. The predicted octanol–water partition coefficient (Wildman–Crippen LogP) is 3.03. The number of hydrogen-bond acceptors (Lipinski definition) is 15. The van der Waals surface area contributed by atoms with Gasteiger partial charge in [0, 0.05) is 27.1 Å². The number of rotatable bonds is 18. The van der Waals surface area contributed by atoms with Gasteiger partial charge in [-0.1, -0.05) is 60.7 Å². The fourth-order valence-corrected chi connectivity index (χ4v) is 8.40. The summed E-state index contributed by atoms with van der Waals surface area (Å²) in [6, 6.07) is 27.7. The number of phosphoric ester groups is 1. The van der Waals surface area contributed by atoms with E-state index in [2.05, 4.69) is 21.4 Å². The van der Waals surface area contributed by atoms with Crippen molar-refractivity contribution in [2.24, 2.45) is 0 Å². The van der Waals surface area contributed by atoms with Crippen molar-refractivity contribution in [3.63, 3.8) is 0 Å². The Morgan fingerprint density at radius 2 is 1.35 bits per heavy atom. The lowest BCUT2D eigenvalue weighted by atomic mass is 10.1. The van der Waals surface area contributed by atoms with E-state index in [1.54, 1.807) is 60.7 Å². The summed E-state index contributed by atoms with van der Waals surface area (Å²) in [7, 11) is -9.88. The quantitative estimate of drug-likeness (QED) is 0.0421. The maximum Gasteiger partial charge on any atom is 0.502 e. The lowest BCUT2D eigenvalue weighted by molar-refractivity contribution is -0.655. The molecule has 4 N–H and O–H groups in total. The highest BCUT2D eigenvalue weighted by atomic mass is 31.3. The number of diazo groups is 1. The van der Waals surface area contributed by atoms with E-state index in [4.69, 9.17) is 36.7 Å². The molecule has 1 fully saturated rings. The van der Waals surface area contributed by atoms with Gasteiger partial charge in [-0.3, -0.25) is 14.3 Å². The molecule has 311 valence electrons. The van der Waals surface area contributed by atoms with Crippen molar-refractivity contribution in [3.8, 4) is 11.5 Å². The van der Waals surface area contributed by atoms with Gasteiger partial charge in [0.05, 0.1) is 11.1 Å². The highest BCUT2D eigenvalue weighted by Gasteiger charge is 2.55. The monoisotopic (exact) mass is 863 g/mol. The molecule has 2 heterocycles. The molecule has 1 aliphatic rings. The fourth-order valence-electron chi connectivity index (χ4n) is 5.57. The van der Waals surface area contributed by atoms with Crippen LogP contribution in [0.3, 0.4) is 0 Å². The van der Waals surface area contributed by atoms with Crippen LogP contribution in [0.2, 0.25) is 0 Å². The van der Waals surface area contributed by atoms with Crippen molar-refractivity contribution in [2.75, 3.05) is 6.61 Å². The number of nitrogens with zero attached hydrogens (tertiary/aromatic N) is 4. The second-order valence-electron chi connectivity index (χ2n) is 12.9. The molecule has 4 atom stereocenters. The number of quaternary nitrogens is 1. The minimum Gasteiger partial charge on any atom is -0.602 e. The Hall–Kier alpha value is -5.78. The third-order valence-corrected chi connectivity index (χ3v) is 12.0. The summed E-state index contributed by atoms with van der Waals surface area (Å²) in [5.41, 5.74) is 4.00. The Labute approximate surface area is 342 Å². The van der Waals surface area contributed by atoms with Gasteiger partial charge in [-0.05, 0) is 66.6 Å². The van der Waals surface area contributed by atoms with E-state index in [0.29, 0.717) is 22.3 Å². The zero-order valence-electron chi connectivity index (χ0n) is 31.6. The number of phosphoric acid groups is 2. The van der Waals surface area contributed by atoms with Crippen LogP contribution in [0.25, 0.3) is 5.08 Å². The van der Waals surface area contributed by atoms with Crippen LogP contribution in [0.4, 0.5) is 0 Å². The lowest BCUT2D eigenvalue weighted by Gasteiger charge is -2.28. The molecule has 0 spiro atoms. The van der Waals surface area contributed by atoms with Crippen molar-refractivity contribution in [1.29, 1.82) is 5.39 Å². The van der Waals surface area contributed by atoms with Gasteiger partial charge in [0.15, 0.2) is 6.04 Å². The molecule has 1 saturated heterocycles. The molecule has 1 aromatic heterocycles. The minimum atomic E-state index is -4.95. The standard InChI is InChI=1S/C38H36N6O14P2/c1-25-21-44(38(48)41-35(25)45)34-20-32(42-43-39)33(56-34)24-53-60(50,57-40)58-59(49,51-22-26-12-16-30(17-13-26)54-36(46)28-8-4-2-5-9-28)52-23-27-14-18-31(19-15-27)55-37(47)29-10-6-3-7-11-29/h2-19,21,32-34H,20,22-24H2,1,40H3/q+1/p+1/t32-,33+,34+,60?/m0/s1. The zero-order chi connectivity index (χ0) is 42.7. The number of hydrogen-bond donors (Lipinski definition) is 2. The third-order valence-electron chi connectivity index (χ3n) is 8.68. The number of aromatic amines is 1. The summed E-state index contributed by atoms with van der Waals surface area (Å²) in [6.45, 7) is -0.0737. The Morgan fingerprint density at radius 3 is 1.83 bits per heavy atom. The van der Waals surface area contributed by atoms with Crippen LogP contribution in [0.1, 0.15) is 50.1 Å². The Kier molecular flexibility index (Phi) is 14.6. The first-order valence-electron chi connectivity index (χ1n) is 17.9. The number of carbonyl (C=O) groups excluding carboxylic acids is 2. The number of carbonyl (C=O) groups is 2. The SMILES string of the molecule is Cc1cn([C@H]2C[C@H]([N][N+]#N)[C@@H](CO[P+]([O-])(O[NH3+])O[P+]([O-])(OCc3ccc(OC(=O)c4ccccc4)cc3)OCc3ccc(OC(=O)c4ccccc4)cc3)O2)c(=O)[nH]c1=O. The molecule has 20 nitrogen and oxygen atoms in total. The van der Waals surface area contributed by atoms with Gasteiger partial charge in [0.1, 0.15) is 49.1 Å². The highest BCUT2D eigenvalue weighted by Crippen LogP contribution is 2.70. The Balaban J connectivity index is 1.15. The van der Waals surface area contributed by atoms with Gasteiger partial charge < -0.3 is 24.0 Å². The van der Waals surface area contributed by atoms with Gasteiger partial charge in [-0.25, -0.2) is 14.4 Å². The molecule has 1 unspecified atom stereocenters. The molecule has 0 aliphatic carbocycles. The van der Waals surface area contributed by atoms with Crippen LogP contribution < -0.4 is 41.8 Å².